The van der Waals surface area contributed by atoms with Crippen LogP contribution in [-0.2, 0) is 6.54 Å². The summed E-state index contributed by atoms with van der Waals surface area (Å²) < 4.78 is 7.37. The topological polar surface area (TPSA) is 63.8 Å². The van der Waals surface area contributed by atoms with Crippen LogP contribution in [0.2, 0.25) is 0 Å². The van der Waals surface area contributed by atoms with Gasteiger partial charge in [-0.05, 0) is 19.1 Å². The maximum atomic E-state index is 12.7. The van der Waals surface area contributed by atoms with Crippen LogP contribution < -0.4 is 5.56 Å². The molecule has 0 aliphatic heterocycles. The number of imidazole rings is 1. The van der Waals surface area contributed by atoms with Crippen LogP contribution in [0.4, 0.5) is 0 Å². The standard InChI is InChI=1S/C16H13N3O2/c1-10-12(18-9-17-10)8-19-7-6-14-15(16(19)20)11-4-2-3-5-13(11)21-14/h2-7,9H,8H2,1H3,(H,17,18). The van der Waals surface area contributed by atoms with Crippen molar-refractivity contribution in [3.8, 4) is 0 Å². The molecule has 0 amide bonds. The number of para-hydroxylation sites is 1. The molecule has 1 aromatic carbocycles. The van der Waals surface area contributed by atoms with Crippen molar-refractivity contribution in [2.45, 2.75) is 13.5 Å². The molecule has 0 radical (unpaired) electrons. The third-order valence-corrected chi connectivity index (χ3v) is 3.76. The summed E-state index contributed by atoms with van der Waals surface area (Å²) in [4.78, 5) is 20.0. The molecule has 21 heavy (non-hydrogen) atoms. The first-order valence-corrected chi connectivity index (χ1v) is 6.73. The van der Waals surface area contributed by atoms with E-state index in [4.69, 9.17) is 4.42 Å². The molecule has 0 saturated carbocycles. The monoisotopic (exact) mass is 279 g/mol. The molecule has 3 heterocycles. The fourth-order valence-electron chi connectivity index (χ4n) is 2.60. The second-order valence-corrected chi connectivity index (χ2v) is 5.06. The van der Waals surface area contributed by atoms with Crippen LogP contribution in [0.15, 0.2) is 52.1 Å². The molecule has 0 aliphatic carbocycles. The van der Waals surface area contributed by atoms with Gasteiger partial charge >= 0.3 is 0 Å². The van der Waals surface area contributed by atoms with E-state index < -0.39 is 0 Å². The van der Waals surface area contributed by atoms with E-state index in [1.165, 1.54) is 0 Å². The summed E-state index contributed by atoms with van der Waals surface area (Å²) in [6.07, 6.45) is 3.39. The van der Waals surface area contributed by atoms with Gasteiger partial charge in [0.2, 0.25) is 0 Å². The zero-order chi connectivity index (χ0) is 14.4. The zero-order valence-electron chi connectivity index (χ0n) is 11.5. The number of aryl methyl sites for hydroxylation is 1. The Morgan fingerprint density at radius 2 is 2.10 bits per heavy atom. The molecule has 1 N–H and O–H groups in total. The molecule has 4 rings (SSSR count). The van der Waals surface area contributed by atoms with Gasteiger partial charge in [0.05, 0.1) is 24.0 Å². The van der Waals surface area contributed by atoms with Gasteiger partial charge < -0.3 is 14.0 Å². The van der Waals surface area contributed by atoms with E-state index in [-0.39, 0.29) is 5.56 Å². The van der Waals surface area contributed by atoms with Crippen molar-refractivity contribution in [3.63, 3.8) is 0 Å². The average Bonchev–Trinajstić information content (AvgIpc) is 3.06. The Kier molecular flexibility index (Phi) is 2.47. The molecule has 0 unspecified atom stereocenters. The smallest absolute Gasteiger partial charge is 0.262 e. The van der Waals surface area contributed by atoms with Gasteiger partial charge in [0.1, 0.15) is 11.2 Å². The minimum atomic E-state index is -0.0557. The van der Waals surface area contributed by atoms with Gasteiger partial charge in [-0.25, -0.2) is 4.98 Å². The SMILES string of the molecule is Cc1[nH]cnc1Cn1ccc2oc3ccccc3c2c1=O. The van der Waals surface area contributed by atoms with E-state index in [1.807, 2.05) is 37.3 Å². The van der Waals surface area contributed by atoms with Crippen LogP contribution in [0.25, 0.3) is 21.9 Å². The summed E-state index contributed by atoms with van der Waals surface area (Å²) in [5.41, 5.74) is 3.14. The maximum absolute atomic E-state index is 12.7. The van der Waals surface area contributed by atoms with E-state index in [2.05, 4.69) is 9.97 Å². The van der Waals surface area contributed by atoms with Crippen LogP contribution in [0.3, 0.4) is 0 Å². The van der Waals surface area contributed by atoms with Crippen molar-refractivity contribution in [2.24, 2.45) is 0 Å². The first-order chi connectivity index (χ1) is 10.2. The first-order valence-electron chi connectivity index (χ1n) is 6.73. The highest BCUT2D eigenvalue weighted by Crippen LogP contribution is 2.25. The Morgan fingerprint density at radius 1 is 1.24 bits per heavy atom. The number of aromatic amines is 1. The number of nitrogens with zero attached hydrogens (tertiary/aromatic N) is 2. The fourth-order valence-corrected chi connectivity index (χ4v) is 2.60. The van der Waals surface area contributed by atoms with Crippen LogP contribution in [0, 0.1) is 6.92 Å². The Balaban J connectivity index is 1.95. The predicted molar refractivity (Wildman–Crippen MR) is 80.4 cm³/mol. The van der Waals surface area contributed by atoms with Crippen LogP contribution in [-0.4, -0.2) is 14.5 Å². The van der Waals surface area contributed by atoms with Crippen molar-refractivity contribution < 1.29 is 4.42 Å². The molecule has 104 valence electrons. The number of fused-ring (bicyclic) bond motifs is 3. The van der Waals surface area contributed by atoms with E-state index in [0.29, 0.717) is 17.5 Å². The Hall–Kier alpha value is -2.82. The van der Waals surface area contributed by atoms with Crippen molar-refractivity contribution in [2.75, 3.05) is 0 Å². The Morgan fingerprint density at radius 3 is 2.90 bits per heavy atom. The molecular formula is C16H13N3O2. The van der Waals surface area contributed by atoms with Gasteiger partial charge in [-0.2, -0.15) is 0 Å². The highest BCUT2D eigenvalue weighted by Gasteiger charge is 2.12. The second kappa shape index (κ2) is 4.34. The van der Waals surface area contributed by atoms with Crippen LogP contribution in [0.5, 0.6) is 0 Å². The number of nitrogens with one attached hydrogen (secondary N) is 1. The van der Waals surface area contributed by atoms with E-state index in [0.717, 1.165) is 22.4 Å². The lowest BCUT2D eigenvalue weighted by molar-refractivity contribution is 0.663. The van der Waals surface area contributed by atoms with Gasteiger partial charge in [0.25, 0.3) is 5.56 Å². The lowest BCUT2D eigenvalue weighted by Crippen LogP contribution is -2.20. The fraction of sp³-hybridized carbons (Fsp3) is 0.125. The average molecular weight is 279 g/mol. The summed E-state index contributed by atoms with van der Waals surface area (Å²) in [6, 6.07) is 9.42. The Labute approximate surface area is 119 Å². The number of benzene rings is 1. The highest BCUT2D eigenvalue weighted by molar-refractivity contribution is 6.04. The maximum Gasteiger partial charge on any atom is 0.262 e. The minimum absolute atomic E-state index is 0.0557. The molecule has 3 aromatic heterocycles. The van der Waals surface area contributed by atoms with Gasteiger partial charge in [-0.1, -0.05) is 18.2 Å². The van der Waals surface area contributed by atoms with Gasteiger partial charge in [0.15, 0.2) is 0 Å². The quantitative estimate of drug-likeness (QED) is 0.613. The lowest BCUT2D eigenvalue weighted by atomic mass is 10.2. The normalized spacial score (nSPS) is 11.5. The third-order valence-electron chi connectivity index (χ3n) is 3.76. The molecule has 4 aromatic rings. The molecule has 0 spiro atoms. The number of rotatable bonds is 2. The number of hydrogen-bond donors (Lipinski definition) is 1. The van der Waals surface area contributed by atoms with E-state index >= 15 is 0 Å². The van der Waals surface area contributed by atoms with Gasteiger partial charge in [-0.15, -0.1) is 0 Å². The molecule has 5 nitrogen and oxygen atoms in total. The van der Waals surface area contributed by atoms with Crippen molar-refractivity contribution in [1.29, 1.82) is 0 Å². The molecule has 0 aliphatic rings. The largest absolute Gasteiger partial charge is 0.456 e. The number of hydrogen-bond acceptors (Lipinski definition) is 3. The second-order valence-electron chi connectivity index (χ2n) is 5.06. The summed E-state index contributed by atoms with van der Waals surface area (Å²) in [6.45, 7) is 2.39. The zero-order valence-corrected chi connectivity index (χ0v) is 11.5. The first kappa shape index (κ1) is 12.0. The minimum Gasteiger partial charge on any atom is -0.456 e. The molecular weight excluding hydrogens is 266 g/mol. The van der Waals surface area contributed by atoms with Gasteiger partial charge in [0, 0.05) is 17.3 Å². The highest BCUT2D eigenvalue weighted by atomic mass is 16.3. The lowest BCUT2D eigenvalue weighted by Gasteiger charge is -2.04. The molecule has 0 bridgehead atoms. The number of H-pyrrole nitrogens is 1. The Bertz CT molecular complexity index is 1010. The molecule has 5 heteroatoms. The summed E-state index contributed by atoms with van der Waals surface area (Å²) in [5.74, 6) is 0. The third kappa shape index (κ3) is 1.78. The van der Waals surface area contributed by atoms with E-state index in [1.54, 1.807) is 17.1 Å². The van der Waals surface area contributed by atoms with Crippen molar-refractivity contribution in [1.82, 2.24) is 14.5 Å². The van der Waals surface area contributed by atoms with Crippen molar-refractivity contribution in [3.05, 3.63) is 64.6 Å². The summed E-state index contributed by atoms with van der Waals surface area (Å²) in [7, 11) is 0. The summed E-state index contributed by atoms with van der Waals surface area (Å²) >= 11 is 0. The number of pyridine rings is 1. The number of furan rings is 1. The van der Waals surface area contributed by atoms with Crippen LogP contribution in [0.1, 0.15) is 11.4 Å². The van der Waals surface area contributed by atoms with Gasteiger partial charge in [-0.3, -0.25) is 4.79 Å². The molecule has 0 atom stereocenters. The molecule has 0 saturated heterocycles. The van der Waals surface area contributed by atoms with Crippen LogP contribution >= 0.6 is 0 Å². The van der Waals surface area contributed by atoms with E-state index in [9.17, 15) is 4.79 Å². The number of aromatic nitrogens is 3. The predicted octanol–water partition coefficient (Wildman–Crippen LogP) is 2.83. The molecule has 0 fully saturated rings. The summed E-state index contributed by atoms with van der Waals surface area (Å²) in [5, 5.41) is 1.48. The van der Waals surface area contributed by atoms with Crippen molar-refractivity contribution >= 4 is 21.9 Å².